The Morgan fingerprint density at radius 3 is 2.93 bits per heavy atom. The van der Waals surface area contributed by atoms with Crippen LogP contribution in [0.5, 0.6) is 0 Å². The number of hydrogen-bond donors (Lipinski definition) is 1. The highest BCUT2D eigenvalue weighted by molar-refractivity contribution is 6.36. The lowest BCUT2D eigenvalue weighted by molar-refractivity contribution is -0.135. The predicted octanol–water partition coefficient (Wildman–Crippen LogP) is 0.412. The number of aromatic nitrogens is 2. The highest BCUT2D eigenvalue weighted by Crippen LogP contribution is 1.96. The van der Waals surface area contributed by atoms with Crippen molar-refractivity contribution in [3.8, 4) is 0 Å². The molecule has 1 heterocycles. The standard InChI is InChI=1S/C9H11N3O3/c1-2-15-9(13)8(12-14)5-7-6-10-3-4-11-7/h3-4,6,14H,2,5H2,1H3/b12-8+. The lowest BCUT2D eigenvalue weighted by atomic mass is 10.2. The van der Waals surface area contributed by atoms with Crippen LogP contribution in [-0.2, 0) is 16.0 Å². The zero-order valence-electron chi connectivity index (χ0n) is 8.25. The van der Waals surface area contributed by atoms with E-state index in [1.807, 2.05) is 0 Å². The van der Waals surface area contributed by atoms with Gasteiger partial charge in [0.05, 0.1) is 12.3 Å². The SMILES string of the molecule is CCOC(=O)/C(Cc1cnccn1)=N/O. The topological polar surface area (TPSA) is 84.7 Å². The van der Waals surface area contributed by atoms with E-state index in [1.165, 1.54) is 18.6 Å². The molecule has 0 aromatic carbocycles. The van der Waals surface area contributed by atoms with E-state index in [1.54, 1.807) is 6.92 Å². The Morgan fingerprint density at radius 1 is 1.60 bits per heavy atom. The fourth-order valence-corrected chi connectivity index (χ4v) is 0.956. The Bertz CT molecular complexity index is 351. The zero-order chi connectivity index (χ0) is 11.1. The van der Waals surface area contributed by atoms with Crippen LogP contribution in [0.2, 0.25) is 0 Å². The van der Waals surface area contributed by atoms with Crippen LogP contribution in [0.1, 0.15) is 12.6 Å². The van der Waals surface area contributed by atoms with Crippen LogP contribution >= 0.6 is 0 Å². The molecule has 0 amide bonds. The molecule has 15 heavy (non-hydrogen) atoms. The van der Waals surface area contributed by atoms with Gasteiger partial charge in [0, 0.05) is 25.0 Å². The van der Waals surface area contributed by atoms with Gasteiger partial charge in [0.25, 0.3) is 0 Å². The maximum absolute atomic E-state index is 11.2. The van der Waals surface area contributed by atoms with E-state index in [0.29, 0.717) is 5.69 Å². The normalized spacial score (nSPS) is 11.1. The number of ether oxygens (including phenoxy) is 1. The first-order valence-corrected chi connectivity index (χ1v) is 4.40. The van der Waals surface area contributed by atoms with Gasteiger partial charge in [0.2, 0.25) is 0 Å². The van der Waals surface area contributed by atoms with E-state index in [-0.39, 0.29) is 18.7 Å². The number of oxime groups is 1. The minimum atomic E-state index is -0.648. The smallest absolute Gasteiger partial charge is 0.356 e. The Morgan fingerprint density at radius 2 is 2.40 bits per heavy atom. The summed E-state index contributed by atoms with van der Waals surface area (Å²) in [6.45, 7) is 1.91. The van der Waals surface area contributed by atoms with Crippen LogP contribution in [0, 0.1) is 0 Å². The first-order valence-electron chi connectivity index (χ1n) is 4.40. The van der Waals surface area contributed by atoms with E-state index in [2.05, 4.69) is 19.9 Å². The second-order valence-corrected chi connectivity index (χ2v) is 2.64. The minimum absolute atomic E-state index is 0.0858. The molecule has 0 bridgehead atoms. The van der Waals surface area contributed by atoms with Crippen LogP contribution < -0.4 is 0 Å². The second kappa shape index (κ2) is 5.69. The molecule has 0 aliphatic heterocycles. The monoisotopic (exact) mass is 209 g/mol. The largest absolute Gasteiger partial charge is 0.461 e. The van der Waals surface area contributed by atoms with Gasteiger partial charge in [-0.1, -0.05) is 5.16 Å². The molecule has 0 unspecified atom stereocenters. The molecule has 0 saturated heterocycles. The van der Waals surface area contributed by atoms with E-state index in [9.17, 15) is 4.79 Å². The average molecular weight is 209 g/mol. The highest BCUT2D eigenvalue weighted by atomic mass is 16.5. The Hall–Kier alpha value is -1.98. The van der Waals surface area contributed by atoms with E-state index in [0.717, 1.165) is 0 Å². The van der Waals surface area contributed by atoms with Gasteiger partial charge in [0.1, 0.15) is 0 Å². The molecule has 1 rings (SSSR count). The summed E-state index contributed by atoms with van der Waals surface area (Å²) < 4.78 is 4.69. The van der Waals surface area contributed by atoms with Crippen molar-refractivity contribution >= 4 is 11.7 Å². The molecule has 1 aromatic heterocycles. The van der Waals surface area contributed by atoms with Gasteiger partial charge in [-0.05, 0) is 6.92 Å². The van der Waals surface area contributed by atoms with Crippen LogP contribution in [-0.4, -0.2) is 33.5 Å². The van der Waals surface area contributed by atoms with E-state index in [4.69, 9.17) is 5.21 Å². The molecular formula is C9H11N3O3. The molecule has 0 aliphatic rings. The van der Waals surface area contributed by atoms with Gasteiger partial charge in [0.15, 0.2) is 5.71 Å². The van der Waals surface area contributed by atoms with Gasteiger partial charge in [-0.2, -0.15) is 0 Å². The molecule has 0 saturated carbocycles. The van der Waals surface area contributed by atoms with E-state index < -0.39 is 5.97 Å². The Labute approximate surface area is 86.6 Å². The fourth-order valence-electron chi connectivity index (χ4n) is 0.956. The van der Waals surface area contributed by atoms with Crippen molar-refractivity contribution < 1.29 is 14.7 Å². The lowest BCUT2D eigenvalue weighted by Crippen LogP contribution is -2.20. The molecule has 0 fully saturated rings. The number of carbonyl (C=O) groups is 1. The Balaban J connectivity index is 2.67. The molecule has 80 valence electrons. The van der Waals surface area contributed by atoms with Gasteiger partial charge in [-0.3, -0.25) is 9.97 Å². The summed E-state index contributed by atoms with van der Waals surface area (Å²) in [5.74, 6) is -0.648. The van der Waals surface area contributed by atoms with E-state index >= 15 is 0 Å². The van der Waals surface area contributed by atoms with Crippen molar-refractivity contribution in [2.45, 2.75) is 13.3 Å². The fraction of sp³-hybridized carbons (Fsp3) is 0.333. The van der Waals surface area contributed by atoms with Crippen LogP contribution in [0.4, 0.5) is 0 Å². The average Bonchev–Trinajstić information content (AvgIpc) is 2.27. The van der Waals surface area contributed by atoms with Crippen molar-refractivity contribution in [2.75, 3.05) is 6.61 Å². The van der Waals surface area contributed by atoms with Crippen molar-refractivity contribution in [2.24, 2.45) is 5.16 Å². The van der Waals surface area contributed by atoms with Gasteiger partial charge >= 0.3 is 5.97 Å². The summed E-state index contributed by atoms with van der Waals surface area (Å²) in [6, 6.07) is 0. The summed E-state index contributed by atoms with van der Waals surface area (Å²) in [5.41, 5.74) is 0.454. The quantitative estimate of drug-likeness (QED) is 0.336. The summed E-state index contributed by atoms with van der Waals surface area (Å²) in [7, 11) is 0. The molecule has 0 radical (unpaired) electrons. The number of esters is 1. The summed E-state index contributed by atoms with van der Waals surface area (Å²) in [5, 5.41) is 11.5. The van der Waals surface area contributed by atoms with Crippen molar-refractivity contribution in [3.05, 3.63) is 24.3 Å². The predicted molar refractivity (Wildman–Crippen MR) is 51.6 cm³/mol. The van der Waals surface area contributed by atoms with Crippen LogP contribution in [0.3, 0.4) is 0 Å². The number of nitrogens with zero attached hydrogens (tertiary/aromatic N) is 3. The minimum Gasteiger partial charge on any atom is -0.461 e. The third kappa shape index (κ3) is 3.34. The maximum Gasteiger partial charge on any atom is 0.356 e. The molecular weight excluding hydrogens is 198 g/mol. The highest BCUT2D eigenvalue weighted by Gasteiger charge is 2.14. The van der Waals surface area contributed by atoms with Crippen LogP contribution in [0.25, 0.3) is 0 Å². The summed E-state index contributed by atoms with van der Waals surface area (Å²) in [6.07, 6.45) is 4.60. The third-order valence-electron chi connectivity index (χ3n) is 1.60. The van der Waals surface area contributed by atoms with Gasteiger partial charge < -0.3 is 9.94 Å². The molecule has 6 nitrogen and oxygen atoms in total. The molecule has 0 spiro atoms. The summed E-state index contributed by atoms with van der Waals surface area (Å²) in [4.78, 5) is 19.0. The Kier molecular flexibility index (Phi) is 4.21. The van der Waals surface area contributed by atoms with Gasteiger partial charge in [-0.25, -0.2) is 4.79 Å². The first kappa shape index (κ1) is 11.1. The van der Waals surface area contributed by atoms with Crippen molar-refractivity contribution in [1.29, 1.82) is 0 Å². The van der Waals surface area contributed by atoms with Crippen molar-refractivity contribution in [3.63, 3.8) is 0 Å². The summed E-state index contributed by atoms with van der Waals surface area (Å²) >= 11 is 0. The van der Waals surface area contributed by atoms with Crippen LogP contribution in [0.15, 0.2) is 23.7 Å². The maximum atomic E-state index is 11.2. The lowest BCUT2D eigenvalue weighted by Gasteiger charge is -2.02. The number of hydrogen-bond acceptors (Lipinski definition) is 6. The molecule has 1 aromatic rings. The van der Waals surface area contributed by atoms with Crippen molar-refractivity contribution in [1.82, 2.24) is 9.97 Å². The second-order valence-electron chi connectivity index (χ2n) is 2.64. The number of rotatable bonds is 4. The third-order valence-corrected chi connectivity index (χ3v) is 1.60. The zero-order valence-corrected chi connectivity index (χ0v) is 8.25. The molecule has 6 heteroatoms. The first-order chi connectivity index (χ1) is 7.27. The van der Waals surface area contributed by atoms with Gasteiger partial charge in [-0.15, -0.1) is 0 Å². The molecule has 0 aliphatic carbocycles. The molecule has 0 atom stereocenters. The number of carbonyl (C=O) groups excluding carboxylic acids is 1. The molecule has 1 N–H and O–H groups in total.